The number of benzene rings is 1. The van der Waals surface area contributed by atoms with Crippen molar-refractivity contribution in [1.29, 1.82) is 0 Å². The summed E-state index contributed by atoms with van der Waals surface area (Å²) in [5.74, 6) is 0.987. The second kappa shape index (κ2) is 5.82. The van der Waals surface area contributed by atoms with Gasteiger partial charge in [-0.2, -0.15) is 0 Å². The first-order valence-electron chi connectivity index (χ1n) is 7.83. The zero-order valence-electron chi connectivity index (χ0n) is 13.4. The van der Waals surface area contributed by atoms with Crippen LogP contribution in [0, 0.1) is 6.92 Å². The van der Waals surface area contributed by atoms with Gasteiger partial charge in [-0.3, -0.25) is 9.36 Å². The van der Waals surface area contributed by atoms with Gasteiger partial charge in [0.2, 0.25) is 0 Å². The van der Waals surface area contributed by atoms with Gasteiger partial charge < -0.3 is 10.5 Å². The van der Waals surface area contributed by atoms with Crippen LogP contribution in [0.2, 0.25) is 0 Å². The van der Waals surface area contributed by atoms with Crippen LogP contribution in [0.4, 0.5) is 0 Å². The summed E-state index contributed by atoms with van der Waals surface area (Å²) in [4.78, 5) is 17.6. The molecule has 0 spiro atoms. The van der Waals surface area contributed by atoms with E-state index in [1.54, 1.807) is 11.6 Å². The number of rotatable bonds is 2. The van der Waals surface area contributed by atoms with Gasteiger partial charge >= 0.3 is 0 Å². The van der Waals surface area contributed by atoms with Gasteiger partial charge in [-0.25, -0.2) is 4.98 Å². The summed E-state index contributed by atoms with van der Waals surface area (Å²) in [6.45, 7) is 5.33. The van der Waals surface area contributed by atoms with E-state index in [1.807, 2.05) is 26.0 Å². The average molecular weight is 301 g/mol. The highest BCUT2D eigenvalue weighted by atomic mass is 16.5. The molecule has 0 saturated carbocycles. The molecule has 0 radical (unpaired) electrons. The molecule has 1 aliphatic heterocycles. The Morgan fingerprint density at radius 1 is 1.45 bits per heavy atom. The third-order valence-corrected chi connectivity index (χ3v) is 4.40. The lowest BCUT2D eigenvalue weighted by Crippen LogP contribution is -2.28. The molecule has 5 nitrogen and oxygen atoms in total. The Hall–Kier alpha value is -1.72. The molecule has 0 aliphatic carbocycles. The average Bonchev–Trinajstić information content (AvgIpc) is 2.51. The van der Waals surface area contributed by atoms with Crippen LogP contribution in [-0.4, -0.2) is 22.8 Å². The Bertz CT molecular complexity index is 759. The lowest BCUT2D eigenvalue weighted by molar-refractivity contribution is 0.0770. The van der Waals surface area contributed by atoms with Crippen LogP contribution in [0.15, 0.2) is 16.9 Å². The molecule has 2 N–H and O–H groups in total. The van der Waals surface area contributed by atoms with Crippen molar-refractivity contribution >= 4 is 10.9 Å². The maximum absolute atomic E-state index is 12.8. The van der Waals surface area contributed by atoms with Crippen molar-refractivity contribution in [3.63, 3.8) is 0 Å². The molecule has 2 aromatic rings. The highest BCUT2D eigenvalue weighted by Crippen LogP contribution is 2.27. The van der Waals surface area contributed by atoms with Crippen LogP contribution in [0.25, 0.3) is 10.9 Å². The van der Waals surface area contributed by atoms with Gasteiger partial charge in [0.1, 0.15) is 5.82 Å². The molecule has 1 unspecified atom stereocenters. The molecular formula is C17H23N3O2. The Balaban J connectivity index is 2.27. The number of ether oxygens (including phenoxy) is 1. The Morgan fingerprint density at radius 2 is 2.23 bits per heavy atom. The number of fused-ring (bicyclic) bond motifs is 1. The van der Waals surface area contributed by atoms with Crippen LogP contribution in [-0.2, 0) is 11.8 Å². The number of nitrogens with zero attached hydrogens (tertiary/aromatic N) is 2. The van der Waals surface area contributed by atoms with Crippen molar-refractivity contribution in [3.05, 3.63) is 39.4 Å². The Labute approximate surface area is 130 Å². The molecule has 5 heteroatoms. The standard InChI is InChI=1S/C17H23N3O2/c1-10-7-13(11(2)18)15-14(8-10)17(21)20(3)16(19-15)12-5-4-6-22-9-12/h7-8,11-12H,4-6,9,18H2,1-3H3/t11-,12?/m1/s1. The zero-order valence-corrected chi connectivity index (χ0v) is 13.4. The molecular weight excluding hydrogens is 278 g/mol. The number of hydrogen-bond donors (Lipinski definition) is 1. The Morgan fingerprint density at radius 3 is 2.86 bits per heavy atom. The molecule has 0 amide bonds. The van der Waals surface area contributed by atoms with E-state index in [0.717, 1.165) is 41.9 Å². The van der Waals surface area contributed by atoms with Crippen LogP contribution in [0.1, 0.15) is 48.7 Å². The Kier molecular flexibility index (Phi) is 4.02. The summed E-state index contributed by atoms with van der Waals surface area (Å²) in [5.41, 5.74) is 8.80. The van der Waals surface area contributed by atoms with Crippen molar-refractivity contribution in [1.82, 2.24) is 9.55 Å². The van der Waals surface area contributed by atoms with E-state index in [1.165, 1.54) is 0 Å². The fourth-order valence-corrected chi connectivity index (χ4v) is 3.23. The molecule has 0 bridgehead atoms. The van der Waals surface area contributed by atoms with Crippen molar-refractivity contribution in [2.24, 2.45) is 12.8 Å². The highest BCUT2D eigenvalue weighted by Gasteiger charge is 2.22. The van der Waals surface area contributed by atoms with Gasteiger partial charge in [-0.05, 0) is 43.9 Å². The molecule has 1 aromatic heterocycles. The fraction of sp³-hybridized carbons (Fsp3) is 0.529. The summed E-state index contributed by atoms with van der Waals surface area (Å²) in [7, 11) is 1.80. The normalized spacial score (nSPS) is 20.3. The minimum absolute atomic E-state index is 0.00354. The third-order valence-electron chi connectivity index (χ3n) is 4.40. The first-order chi connectivity index (χ1) is 10.5. The van der Waals surface area contributed by atoms with Crippen molar-refractivity contribution in [2.45, 2.75) is 38.6 Å². The molecule has 118 valence electrons. The largest absolute Gasteiger partial charge is 0.381 e. The van der Waals surface area contributed by atoms with Gasteiger partial charge in [0.05, 0.1) is 17.5 Å². The summed E-state index contributed by atoms with van der Waals surface area (Å²) in [6, 6.07) is 3.77. The van der Waals surface area contributed by atoms with E-state index in [2.05, 4.69) is 0 Å². The van der Waals surface area contributed by atoms with Gasteiger partial charge in [0.25, 0.3) is 5.56 Å². The first kappa shape index (κ1) is 15.2. The van der Waals surface area contributed by atoms with Crippen LogP contribution in [0.3, 0.4) is 0 Å². The molecule has 1 aromatic carbocycles. The van der Waals surface area contributed by atoms with E-state index >= 15 is 0 Å². The fourth-order valence-electron chi connectivity index (χ4n) is 3.23. The molecule has 1 saturated heterocycles. The topological polar surface area (TPSA) is 70.1 Å². The highest BCUT2D eigenvalue weighted by molar-refractivity contribution is 5.82. The van der Waals surface area contributed by atoms with Gasteiger partial charge in [-0.15, -0.1) is 0 Å². The van der Waals surface area contributed by atoms with Crippen molar-refractivity contribution in [2.75, 3.05) is 13.2 Å². The lowest BCUT2D eigenvalue weighted by atomic mass is 9.99. The van der Waals surface area contributed by atoms with E-state index in [0.29, 0.717) is 12.0 Å². The maximum atomic E-state index is 12.8. The second-order valence-electron chi connectivity index (χ2n) is 6.29. The van der Waals surface area contributed by atoms with Crippen LogP contribution >= 0.6 is 0 Å². The minimum Gasteiger partial charge on any atom is -0.381 e. The number of nitrogens with two attached hydrogens (primary N) is 1. The summed E-state index contributed by atoms with van der Waals surface area (Å²) in [6.07, 6.45) is 2.01. The van der Waals surface area contributed by atoms with E-state index < -0.39 is 0 Å². The van der Waals surface area contributed by atoms with Crippen LogP contribution < -0.4 is 11.3 Å². The summed E-state index contributed by atoms with van der Waals surface area (Å²) < 4.78 is 7.23. The zero-order chi connectivity index (χ0) is 15.9. The van der Waals surface area contributed by atoms with Crippen LogP contribution in [0.5, 0.6) is 0 Å². The van der Waals surface area contributed by atoms with Gasteiger partial charge in [-0.1, -0.05) is 6.07 Å². The van der Waals surface area contributed by atoms with E-state index in [4.69, 9.17) is 15.5 Å². The summed E-state index contributed by atoms with van der Waals surface area (Å²) >= 11 is 0. The molecule has 1 aliphatic rings. The smallest absolute Gasteiger partial charge is 0.261 e. The predicted molar refractivity (Wildman–Crippen MR) is 87.1 cm³/mol. The third kappa shape index (κ3) is 2.55. The maximum Gasteiger partial charge on any atom is 0.261 e. The predicted octanol–water partition coefficient (Wildman–Crippen LogP) is 2.16. The van der Waals surface area contributed by atoms with Gasteiger partial charge in [0.15, 0.2) is 0 Å². The first-order valence-corrected chi connectivity index (χ1v) is 7.83. The monoisotopic (exact) mass is 301 g/mol. The lowest BCUT2D eigenvalue weighted by Gasteiger charge is -2.24. The molecule has 2 atom stereocenters. The molecule has 1 fully saturated rings. The van der Waals surface area contributed by atoms with E-state index in [9.17, 15) is 4.79 Å². The van der Waals surface area contributed by atoms with Crippen molar-refractivity contribution < 1.29 is 4.74 Å². The molecule has 2 heterocycles. The van der Waals surface area contributed by atoms with E-state index in [-0.39, 0.29) is 17.5 Å². The number of aryl methyl sites for hydroxylation is 1. The SMILES string of the molecule is Cc1cc([C@@H](C)N)c2nc(C3CCCOC3)n(C)c(=O)c2c1. The van der Waals surface area contributed by atoms with Gasteiger partial charge in [0, 0.05) is 25.6 Å². The number of aromatic nitrogens is 2. The second-order valence-corrected chi connectivity index (χ2v) is 6.29. The minimum atomic E-state index is -0.155. The van der Waals surface area contributed by atoms with Crippen molar-refractivity contribution in [3.8, 4) is 0 Å². The quantitative estimate of drug-likeness (QED) is 0.922. The number of hydrogen-bond acceptors (Lipinski definition) is 4. The summed E-state index contributed by atoms with van der Waals surface area (Å²) in [5, 5.41) is 0.648. The molecule has 22 heavy (non-hydrogen) atoms. The molecule has 3 rings (SSSR count).